The van der Waals surface area contributed by atoms with Crippen molar-refractivity contribution in [3.8, 4) is 0 Å². The highest BCUT2D eigenvalue weighted by Gasteiger charge is 2.28. The summed E-state index contributed by atoms with van der Waals surface area (Å²) in [6, 6.07) is 0. The molecule has 2 atom stereocenters. The van der Waals surface area contributed by atoms with Crippen molar-refractivity contribution in [2.45, 2.75) is 20.3 Å². The highest BCUT2D eigenvalue weighted by molar-refractivity contribution is 5.69. The fraction of sp³-hybridized carbons (Fsp3) is 0.889. The van der Waals surface area contributed by atoms with E-state index in [1.807, 2.05) is 6.92 Å². The third kappa shape index (κ3) is 4.24. The van der Waals surface area contributed by atoms with Crippen molar-refractivity contribution >= 4 is 5.97 Å². The summed E-state index contributed by atoms with van der Waals surface area (Å²) < 4.78 is 4.93. The van der Waals surface area contributed by atoms with E-state index in [1.54, 1.807) is 14.0 Å². The zero-order valence-electron chi connectivity index (χ0n) is 8.41. The van der Waals surface area contributed by atoms with Gasteiger partial charge in [-0.1, -0.05) is 13.8 Å². The van der Waals surface area contributed by atoms with E-state index in [9.17, 15) is 4.79 Å². The molecule has 0 amide bonds. The molecule has 4 nitrogen and oxygen atoms in total. The van der Waals surface area contributed by atoms with Gasteiger partial charge in [-0.15, -0.1) is 0 Å². The Morgan fingerprint density at radius 1 is 1.62 bits per heavy atom. The number of aliphatic hydroxyl groups excluding tert-OH is 1. The summed E-state index contributed by atoms with van der Waals surface area (Å²) in [5.41, 5.74) is -0.452. The Kier molecular flexibility index (Phi) is 4.95. The molecule has 0 spiro atoms. The van der Waals surface area contributed by atoms with Gasteiger partial charge >= 0.3 is 5.97 Å². The number of ether oxygens (including phenoxy) is 1. The van der Waals surface area contributed by atoms with Gasteiger partial charge in [-0.3, -0.25) is 4.79 Å². The summed E-state index contributed by atoms with van der Waals surface area (Å²) in [6.07, 6.45) is 0.423. The van der Waals surface area contributed by atoms with Gasteiger partial charge in [0.25, 0.3) is 0 Å². The van der Waals surface area contributed by atoms with Crippen LogP contribution in [0.1, 0.15) is 20.3 Å². The van der Waals surface area contributed by atoms with E-state index in [0.29, 0.717) is 13.0 Å². The van der Waals surface area contributed by atoms with Gasteiger partial charge in [-0.2, -0.15) is 0 Å². The summed E-state index contributed by atoms with van der Waals surface area (Å²) in [5, 5.41) is 17.8. The molecule has 0 aliphatic heterocycles. The van der Waals surface area contributed by atoms with Crippen LogP contribution in [0.2, 0.25) is 0 Å². The lowest BCUT2D eigenvalue weighted by atomic mass is 9.83. The first kappa shape index (κ1) is 12.4. The second kappa shape index (κ2) is 5.19. The number of hydrogen-bond acceptors (Lipinski definition) is 3. The SMILES string of the molecule is COCC(C)(CO)CC(C)C(=O)O. The lowest BCUT2D eigenvalue weighted by molar-refractivity contribution is -0.142. The van der Waals surface area contributed by atoms with E-state index in [4.69, 9.17) is 14.9 Å². The Morgan fingerprint density at radius 2 is 2.15 bits per heavy atom. The summed E-state index contributed by atoms with van der Waals surface area (Å²) >= 11 is 0. The van der Waals surface area contributed by atoms with Crippen LogP contribution in [0.3, 0.4) is 0 Å². The largest absolute Gasteiger partial charge is 0.481 e. The number of carboxylic acid groups (broad SMARTS) is 1. The molecule has 0 fully saturated rings. The number of hydrogen-bond donors (Lipinski definition) is 2. The molecule has 0 aromatic rings. The van der Waals surface area contributed by atoms with Crippen molar-refractivity contribution in [3.63, 3.8) is 0 Å². The zero-order chi connectivity index (χ0) is 10.5. The number of aliphatic hydroxyl groups is 1. The fourth-order valence-corrected chi connectivity index (χ4v) is 1.34. The predicted molar refractivity (Wildman–Crippen MR) is 48.5 cm³/mol. The van der Waals surface area contributed by atoms with Crippen LogP contribution >= 0.6 is 0 Å². The van der Waals surface area contributed by atoms with Gasteiger partial charge in [0.1, 0.15) is 0 Å². The lowest BCUT2D eigenvalue weighted by Crippen LogP contribution is -2.31. The predicted octanol–water partition coefficient (Wildman–Crippen LogP) is 0.742. The number of carbonyl (C=O) groups is 1. The molecule has 0 saturated carbocycles. The van der Waals surface area contributed by atoms with Crippen molar-refractivity contribution in [2.24, 2.45) is 11.3 Å². The van der Waals surface area contributed by atoms with Crippen LogP contribution in [0.15, 0.2) is 0 Å². The van der Waals surface area contributed by atoms with Gasteiger partial charge in [0.15, 0.2) is 0 Å². The molecule has 0 aliphatic rings. The molecule has 0 aromatic carbocycles. The minimum Gasteiger partial charge on any atom is -0.481 e. The zero-order valence-corrected chi connectivity index (χ0v) is 8.41. The van der Waals surface area contributed by atoms with Gasteiger partial charge in [0.2, 0.25) is 0 Å². The number of methoxy groups -OCH3 is 1. The van der Waals surface area contributed by atoms with E-state index < -0.39 is 17.3 Å². The number of carboxylic acids is 1. The third-order valence-corrected chi connectivity index (χ3v) is 2.10. The van der Waals surface area contributed by atoms with E-state index in [0.717, 1.165) is 0 Å². The summed E-state index contributed by atoms with van der Waals surface area (Å²) in [6.45, 7) is 3.77. The molecule has 0 aromatic heterocycles. The Morgan fingerprint density at radius 3 is 2.46 bits per heavy atom. The molecule has 13 heavy (non-hydrogen) atoms. The highest BCUT2D eigenvalue weighted by atomic mass is 16.5. The first-order chi connectivity index (χ1) is 5.95. The van der Waals surface area contributed by atoms with Gasteiger partial charge in [0, 0.05) is 12.5 Å². The molecular formula is C9H18O4. The first-order valence-electron chi connectivity index (χ1n) is 4.28. The van der Waals surface area contributed by atoms with Gasteiger partial charge < -0.3 is 14.9 Å². The summed E-state index contributed by atoms with van der Waals surface area (Å²) in [7, 11) is 1.54. The lowest BCUT2D eigenvalue weighted by Gasteiger charge is -2.27. The van der Waals surface area contributed by atoms with Gasteiger partial charge in [0.05, 0.1) is 19.1 Å². The van der Waals surface area contributed by atoms with Crippen molar-refractivity contribution in [1.29, 1.82) is 0 Å². The molecule has 0 aliphatic carbocycles. The highest BCUT2D eigenvalue weighted by Crippen LogP contribution is 2.25. The Bertz CT molecular complexity index is 169. The van der Waals surface area contributed by atoms with Crippen LogP contribution in [-0.4, -0.2) is 36.5 Å². The van der Waals surface area contributed by atoms with E-state index in [1.165, 1.54) is 0 Å². The smallest absolute Gasteiger partial charge is 0.306 e. The van der Waals surface area contributed by atoms with E-state index >= 15 is 0 Å². The molecule has 2 unspecified atom stereocenters. The second-order valence-electron chi connectivity index (χ2n) is 3.85. The van der Waals surface area contributed by atoms with Crippen LogP contribution in [0.4, 0.5) is 0 Å². The molecule has 2 N–H and O–H groups in total. The third-order valence-electron chi connectivity index (χ3n) is 2.10. The topological polar surface area (TPSA) is 66.8 Å². The molecule has 4 heteroatoms. The van der Waals surface area contributed by atoms with Crippen molar-refractivity contribution in [1.82, 2.24) is 0 Å². The van der Waals surface area contributed by atoms with Gasteiger partial charge in [-0.05, 0) is 6.42 Å². The van der Waals surface area contributed by atoms with E-state index in [-0.39, 0.29) is 6.61 Å². The van der Waals surface area contributed by atoms with Crippen LogP contribution in [0.5, 0.6) is 0 Å². The standard InChI is InChI=1S/C9H18O4/c1-7(8(11)12)4-9(2,5-10)6-13-3/h7,10H,4-6H2,1-3H3,(H,11,12). The number of rotatable bonds is 6. The van der Waals surface area contributed by atoms with Crippen molar-refractivity contribution < 1.29 is 19.7 Å². The Hall–Kier alpha value is -0.610. The molecule has 0 rings (SSSR count). The Labute approximate surface area is 78.5 Å². The van der Waals surface area contributed by atoms with Gasteiger partial charge in [-0.25, -0.2) is 0 Å². The normalized spacial score (nSPS) is 17.8. The van der Waals surface area contributed by atoms with E-state index in [2.05, 4.69) is 0 Å². The number of aliphatic carboxylic acids is 1. The minimum absolute atomic E-state index is 0.0571. The molecule has 0 radical (unpaired) electrons. The Balaban J connectivity index is 4.17. The summed E-state index contributed by atoms with van der Waals surface area (Å²) in [4.78, 5) is 10.6. The maximum absolute atomic E-state index is 10.6. The van der Waals surface area contributed by atoms with Crippen LogP contribution in [0, 0.1) is 11.3 Å². The van der Waals surface area contributed by atoms with Crippen LogP contribution in [-0.2, 0) is 9.53 Å². The molecule has 0 saturated heterocycles. The minimum atomic E-state index is -0.837. The maximum Gasteiger partial charge on any atom is 0.306 e. The van der Waals surface area contributed by atoms with Crippen molar-refractivity contribution in [3.05, 3.63) is 0 Å². The van der Waals surface area contributed by atoms with Crippen LogP contribution < -0.4 is 0 Å². The van der Waals surface area contributed by atoms with Crippen LogP contribution in [0.25, 0.3) is 0 Å². The molecule has 0 bridgehead atoms. The molecule has 0 heterocycles. The molecule has 78 valence electrons. The second-order valence-corrected chi connectivity index (χ2v) is 3.85. The quantitative estimate of drug-likeness (QED) is 0.648. The average Bonchev–Trinajstić information content (AvgIpc) is 2.04. The maximum atomic E-state index is 10.6. The monoisotopic (exact) mass is 190 g/mol. The first-order valence-corrected chi connectivity index (χ1v) is 4.28. The summed E-state index contributed by atoms with van der Waals surface area (Å²) in [5.74, 6) is -1.29. The van der Waals surface area contributed by atoms with Crippen molar-refractivity contribution in [2.75, 3.05) is 20.3 Å². The fourth-order valence-electron chi connectivity index (χ4n) is 1.34. The molecular weight excluding hydrogens is 172 g/mol. The average molecular weight is 190 g/mol.